The van der Waals surface area contributed by atoms with Gasteiger partial charge in [-0.15, -0.1) is 16.3 Å². The summed E-state index contributed by atoms with van der Waals surface area (Å²) in [6.45, 7) is 20.7. The Hall–Kier alpha value is -8.25. The van der Waals surface area contributed by atoms with Gasteiger partial charge in [0.25, 0.3) is 11.8 Å². The van der Waals surface area contributed by atoms with Crippen molar-refractivity contribution in [3.05, 3.63) is 94.8 Å². The Morgan fingerprint density at radius 2 is 1.37 bits per heavy atom. The molecule has 456 valence electrons. The molecule has 1 saturated heterocycles. The van der Waals surface area contributed by atoms with Crippen LogP contribution in [-0.4, -0.2) is 149 Å². The van der Waals surface area contributed by atoms with Gasteiger partial charge in [-0.05, 0) is 108 Å². The fourth-order valence-electron chi connectivity index (χ4n) is 7.74. The highest BCUT2D eigenvalue weighted by molar-refractivity contribution is 7.84. The largest absolute Gasteiger partial charge is 0.450 e. The molecule has 2 aromatic heterocycles. The summed E-state index contributed by atoms with van der Waals surface area (Å²) in [6.07, 6.45) is -2.85. The average Bonchev–Trinajstić information content (AvgIpc) is 1.78. The maximum absolute atomic E-state index is 14.5. The number of carbonyl (C=O) groups is 7. The molecule has 1 aliphatic heterocycles. The number of carbonyl (C=O) groups excluding carboxylic acids is 7. The van der Waals surface area contributed by atoms with E-state index in [0.717, 1.165) is 21.0 Å². The molecule has 0 bridgehead atoms. The normalized spacial score (nSPS) is 16.8. The first kappa shape index (κ1) is 64.9. The Balaban J connectivity index is 1.29. The van der Waals surface area contributed by atoms with Gasteiger partial charge in [0.1, 0.15) is 45.9 Å². The molecule has 1 aliphatic carbocycles. The van der Waals surface area contributed by atoms with Crippen molar-refractivity contribution >= 4 is 80.6 Å². The van der Waals surface area contributed by atoms with Crippen LogP contribution in [0.5, 0.6) is 0 Å². The average molecular weight is 1210 g/mol. The molecule has 6 amide bonds. The van der Waals surface area contributed by atoms with Crippen molar-refractivity contribution in [2.45, 2.75) is 168 Å². The molecule has 28 nitrogen and oxygen atoms in total. The zero-order valence-corrected chi connectivity index (χ0v) is 50.6. The Labute approximate surface area is 490 Å². The van der Waals surface area contributed by atoms with Crippen molar-refractivity contribution in [2.24, 2.45) is 10.1 Å². The molecule has 1 unspecified atom stereocenters. The lowest BCUT2D eigenvalue weighted by Crippen LogP contribution is -2.73. The molecule has 30 heteroatoms. The van der Waals surface area contributed by atoms with Crippen molar-refractivity contribution in [3.8, 4) is 0 Å². The smallest absolute Gasteiger partial charge is 0.437 e. The molecule has 0 radical (unpaired) electrons. The lowest BCUT2D eigenvalue weighted by atomic mass is 9.98. The van der Waals surface area contributed by atoms with Crippen LogP contribution in [0.4, 0.5) is 24.3 Å². The Bertz CT molecular complexity index is 3170. The van der Waals surface area contributed by atoms with Crippen LogP contribution in [0.3, 0.4) is 0 Å². The summed E-state index contributed by atoms with van der Waals surface area (Å²) >= 11 is 0.856. The first-order chi connectivity index (χ1) is 39.0. The molecule has 6 rings (SSSR count). The molecule has 0 spiro atoms. The van der Waals surface area contributed by atoms with Crippen LogP contribution in [0, 0.1) is 0 Å². The lowest BCUT2D eigenvalue weighted by molar-refractivity contribution is -0.164. The molecule has 3 heterocycles. The number of rotatable bonds is 19. The summed E-state index contributed by atoms with van der Waals surface area (Å²) in [4.78, 5) is 111. The van der Waals surface area contributed by atoms with Gasteiger partial charge in [0.2, 0.25) is 11.6 Å². The first-order valence-corrected chi connectivity index (χ1v) is 28.9. The van der Waals surface area contributed by atoms with Crippen molar-refractivity contribution in [1.29, 1.82) is 0 Å². The van der Waals surface area contributed by atoms with Crippen molar-refractivity contribution < 1.29 is 75.1 Å². The lowest BCUT2D eigenvalue weighted by Gasteiger charge is -2.43. The van der Waals surface area contributed by atoms with Gasteiger partial charge in [-0.1, -0.05) is 65.8 Å². The van der Waals surface area contributed by atoms with Gasteiger partial charge in [0.15, 0.2) is 16.9 Å². The number of oxime groups is 1. The predicted molar refractivity (Wildman–Crippen MR) is 304 cm³/mol. The Morgan fingerprint density at radius 3 is 1.92 bits per heavy atom. The summed E-state index contributed by atoms with van der Waals surface area (Å²) in [6, 6.07) is 13.4. The highest BCUT2D eigenvalue weighted by Gasteiger charge is 2.57. The van der Waals surface area contributed by atoms with Crippen LogP contribution < -0.4 is 21.3 Å². The van der Waals surface area contributed by atoms with Gasteiger partial charge in [-0.2, -0.15) is 23.4 Å². The summed E-state index contributed by atoms with van der Waals surface area (Å²) in [5.74, 6) is -3.64. The molecule has 2 aromatic carbocycles. The van der Waals surface area contributed by atoms with E-state index in [4.69, 9.17) is 28.5 Å². The van der Waals surface area contributed by atoms with Crippen molar-refractivity contribution in [3.63, 3.8) is 0 Å². The predicted octanol–water partition coefficient (Wildman–Crippen LogP) is 6.96. The van der Waals surface area contributed by atoms with Crippen LogP contribution in [-0.2, 0) is 59.8 Å². The Morgan fingerprint density at radius 1 is 0.810 bits per heavy atom. The van der Waals surface area contributed by atoms with E-state index in [0.29, 0.717) is 11.1 Å². The van der Waals surface area contributed by atoms with Crippen LogP contribution in [0.25, 0.3) is 0 Å². The minimum Gasteiger partial charge on any atom is -0.450 e. The zero-order valence-electron chi connectivity index (χ0n) is 48.9. The van der Waals surface area contributed by atoms with E-state index >= 15 is 0 Å². The third kappa shape index (κ3) is 18.6. The number of amides is 6. The minimum absolute atomic E-state index is 0.00642. The summed E-state index contributed by atoms with van der Waals surface area (Å²) in [5.41, 5.74) is -4.97. The quantitative estimate of drug-likeness (QED) is 0.00925. The standard InChI is InChI=1S/C54H72N12O16S2/c1-32(65(49(73)81-53(11,12)13)44(60-47(71)79-51(5,6)7)55-27-20-28-56-46(70)78-50(2,3)4)35-29-57-64(62-35)30-37-39(42(68)66(37)84(74,75)76)59-41(67)38(36-31-83-45(58-36)61-48(72)80-52(8,9)10)63-82-54(25-26-54)43(69)77-40(33-21-16-14-17-22-33)34-23-18-15-19-24-34/h14-19,21-24,29,31-32,37,39-40H,20,25-28,30H2,1-13H3,(H,56,70)(H,59,67)(H,55,60,71)(H,58,61,72)(H,74,75,76)/t32?,37-,39+/m1/s1. The Kier molecular flexibility index (Phi) is 20.2. The van der Waals surface area contributed by atoms with E-state index in [1.165, 1.54) is 18.5 Å². The van der Waals surface area contributed by atoms with E-state index in [2.05, 4.69) is 46.6 Å². The second-order valence-electron chi connectivity index (χ2n) is 23.4. The van der Waals surface area contributed by atoms with Crippen LogP contribution >= 0.6 is 11.3 Å². The maximum atomic E-state index is 14.5. The number of nitrogens with one attached hydrogen (secondary N) is 4. The number of β-lactam (4-membered cyclic amide) rings is 1. The number of nitrogens with zero attached hydrogens (tertiary/aromatic N) is 8. The van der Waals surface area contributed by atoms with Gasteiger partial charge in [-0.25, -0.2) is 38.2 Å². The van der Waals surface area contributed by atoms with Gasteiger partial charge in [0, 0.05) is 31.3 Å². The van der Waals surface area contributed by atoms with Crippen LogP contribution in [0.2, 0.25) is 0 Å². The second-order valence-corrected chi connectivity index (χ2v) is 25.5. The second kappa shape index (κ2) is 26.1. The van der Waals surface area contributed by atoms with Gasteiger partial charge in [0.05, 0.1) is 18.8 Å². The van der Waals surface area contributed by atoms with E-state index in [1.807, 2.05) is 12.1 Å². The number of alkyl carbamates (subject to hydrolysis) is 1. The topological polar surface area (TPSA) is 352 Å². The maximum Gasteiger partial charge on any atom is 0.437 e. The summed E-state index contributed by atoms with van der Waals surface area (Å²) in [5, 5.41) is 24.6. The minimum atomic E-state index is -5.31. The number of hydrogen-bond donors (Lipinski definition) is 5. The summed E-state index contributed by atoms with van der Waals surface area (Å²) < 4.78 is 63.9. The number of anilines is 1. The number of guanidine groups is 1. The number of hydrogen-bond acceptors (Lipinski definition) is 20. The van der Waals surface area contributed by atoms with Crippen molar-refractivity contribution in [1.82, 2.24) is 45.1 Å². The SMILES string of the molecule is CC(c1cnn(C[C@@H]2[C@H](NC(=O)C(=NOC3(C(=O)OC(c4ccccc4)c4ccccc4)CC3)c3csc(NC(=O)OC(C)(C)C)n3)C(=O)N2S(=O)(=O)O)n1)N(C(=O)OC(C)(C)C)C(=NC(=O)OC(C)(C)C)NCCCNC(=O)OC(C)(C)C. The van der Waals surface area contributed by atoms with E-state index in [1.54, 1.807) is 132 Å². The number of benzene rings is 2. The molecular weight excluding hydrogens is 1140 g/mol. The van der Waals surface area contributed by atoms with E-state index < -0.39 is 117 Å². The highest BCUT2D eigenvalue weighted by atomic mass is 32.2. The molecule has 3 atom stereocenters. The molecule has 5 N–H and O–H groups in total. The fourth-order valence-corrected chi connectivity index (χ4v) is 9.29. The van der Waals surface area contributed by atoms with Crippen molar-refractivity contribution in [2.75, 3.05) is 18.4 Å². The van der Waals surface area contributed by atoms with E-state index in [9.17, 15) is 46.5 Å². The van der Waals surface area contributed by atoms with Gasteiger partial charge in [-0.3, -0.25) is 19.5 Å². The molecular formula is C54H72N12O16S2. The highest BCUT2D eigenvalue weighted by Crippen LogP contribution is 2.43. The first-order valence-electron chi connectivity index (χ1n) is 26.6. The van der Waals surface area contributed by atoms with E-state index in [-0.39, 0.29) is 59.1 Å². The monoisotopic (exact) mass is 1210 g/mol. The number of aliphatic imine (C=N–C) groups is 1. The molecule has 2 fully saturated rings. The third-order valence-electron chi connectivity index (χ3n) is 11.5. The number of ether oxygens (including phenoxy) is 5. The molecule has 84 heavy (non-hydrogen) atoms. The number of aromatic nitrogens is 4. The molecule has 1 saturated carbocycles. The number of thiazole rings is 1. The van der Waals surface area contributed by atoms with Gasteiger partial charge < -0.3 is 44.5 Å². The van der Waals surface area contributed by atoms with Crippen LogP contribution in [0.1, 0.15) is 144 Å². The summed E-state index contributed by atoms with van der Waals surface area (Å²) in [7, 11) is -5.31. The third-order valence-corrected chi connectivity index (χ3v) is 13.2. The van der Waals surface area contributed by atoms with Gasteiger partial charge >= 0.3 is 40.6 Å². The number of esters is 1. The zero-order chi connectivity index (χ0) is 62.2. The molecule has 2 aliphatic rings. The van der Waals surface area contributed by atoms with Crippen LogP contribution in [0.15, 0.2) is 82.4 Å². The molecule has 4 aromatic rings. The fraction of sp³-hybridized carbons (Fsp3) is 0.519.